The third-order valence-electron chi connectivity index (χ3n) is 3.46. The van der Waals surface area contributed by atoms with Crippen LogP contribution in [0.3, 0.4) is 0 Å². The smallest absolute Gasteiger partial charge is 0.0802 e. The van der Waals surface area contributed by atoms with Gasteiger partial charge in [0.1, 0.15) is 0 Å². The zero-order chi connectivity index (χ0) is 11.4. The monoisotopic (exact) mass is 217 g/mol. The van der Waals surface area contributed by atoms with E-state index in [1.165, 1.54) is 6.42 Å². The molecule has 0 radical (unpaired) electrons. The van der Waals surface area contributed by atoms with Crippen molar-refractivity contribution in [2.45, 2.75) is 31.8 Å². The van der Waals surface area contributed by atoms with Crippen molar-refractivity contribution in [1.29, 1.82) is 0 Å². The predicted molar refractivity (Wildman–Crippen MR) is 58.7 cm³/mol. The molecule has 0 amide bonds. The van der Waals surface area contributed by atoms with E-state index in [1.54, 1.807) is 7.11 Å². The van der Waals surface area contributed by atoms with Gasteiger partial charge < -0.3 is 20.3 Å². The third-order valence-corrected chi connectivity index (χ3v) is 3.46. The molecule has 0 atom stereocenters. The molecule has 0 spiro atoms. The van der Waals surface area contributed by atoms with Crippen LogP contribution in [0.15, 0.2) is 0 Å². The van der Waals surface area contributed by atoms with Crippen molar-refractivity contribution < 1.29 is 14.9 Å². The highest BCUT2D eigenvalue weighted by Gasteiger charge is 2.37. The van der Waals surface area contributed by atoms with Crippen LogP contribution < -0.4 is 5.32 Å². The minimum absolute atomic E-state index is 0.00349. The Labute approximate surface area is 91.6 Å². The van der Waals surface area contributed by atoms with E-state index in [0.717, 1.165) is 19.4 Å². The molecule has 1 fully saturated rings. The maximum atomic E-state index is 9.11. The molecular weight excluding hydrogens is 194 g/mol. The van der Waals surface area contributed by atoms with E-state index in [9.17, 15) is 0 Å². The molecule has 0 bridgehead atoms. The Morgan fingerprint density at radius 3 is 2.27 bits per heavy atom. The van der Waals surface area contributed by atoms with Crippen LogP contribution >= 0.6 is 0 Å². The predicted octanol–water partition coefficient (Wildman–Crippen LogP) is 0.136. The van der Waals surface area contributed by atoms with E-state index in [-0.39, 0.29) is 18.8 Å². The van der Waals surface area contributed by atoms with Crippen molar-refractivity contribution in [1.82, 2.24) is 5.32 Å². The van der Waals surface area contributed by atoms with Crippen LogP contribution in [0.5, 0.6) is 0 Å². The normalized spacial score (nSPS) is 20.0. The van der Waals surface area contributed by atoms with Crippen LogP contribution in [0.25, 0.3) is 0 Å². The summed E-state index contributed by atoms with van der Waals surface area (Å²) in [6, 6.07) is 0. The van der Waals surface area contributed by atoms with Crippen molar-refractivity contribution in [3.05, 3.63) is 0 Å². The fraction of sp³-hybridized carbons (Fsp3) is 1.00. The van der Waals surface area contributed by atoms with E-state index in [1.807, 2.05) is 6.92 Å². The van der Waals surface area contributed by atoms with Gasteiger partial charge in [-0.1, -0.05) is 6.92 Å². The molecule has 0 saturated heterocycles. The molecule has 90 valence electrons. The summed E-state index contributed by atoms with van der Waals surface area (Å²) in [4.78, 5) is 0. The number of aliphatic hydroxyl groups is 2. The summed E-state index contributed by atoms with van der Waals surface area (Å²) in [7, 11) is 1.75. The fourth-order valence-corrected chi connectivity index (χ4v) is 1.78. The van der Waals surface area contributed by atoms with Crippen LogP contribution in [0.1, 0.15) is 26.2 Å². The number of nitrogens with one attached hydrogen (secondary N) is 1. The highest BCUT2D eigenvalue weighted by Crippen LogP contribution is 2.34. The topological polar surface area (TPSA) is 61.7 Å². The lowest BCUT2D eigenvalue weighted by Crippen LogP contribution is -2.50. The molecular formula is C11H23NO3. The fourth-order valence-electron chi connectivity index (χ4n) is 1.78. The number of hydrogen-bond donors (Lipinski definition) is 3. The Morgan fingerprint density at radius 2 is 1.93 bits per heavy atom. The summed E-state index contributed by atoms with van der Waals surface area (Å²) in [6.07, 6.45) is 3.43. The second-order valence-electron chi connectivity index (χ2n) is 4.97. The number of methoxy groups -OCH3 is 1. The van der Waals surface area contributed by atoms with E-state index in [4.69, 9.17) is 14.9 Å². The number of rotatable bonds is 7. The van der Waals surface area contributed by atoms with Crippen LogP contribution in [-0.4, -0.2) is 49.2 Å². The molecule has 0 aromatic rings. The molecule has 0 aromatic carbocycles. The lowest BCUT2D eigenvalue weighted by atomic mass is 9.79. The van der Waals surface area contributed by atoms with E-state index < -0.39 is 5.41 Å². The lowest BCUT2D eigenvalue weighted by Gasteiger charge is -2.41. The minimum atomic E-state index is -0.432. The number of hydrogen-bond acceptors (Lipinski definition) is 4. The summed E-state index contributed by atoms with van der Waals surface area (Å²) in [5, 5.41) is 21.5. The van der Waals surface area contributed by atoms with Crippen LogP contribution in [0.4, 0.5) is 0 Å². The zero-order valence-corrected chi connectivity index (χ0v) is 9.75. The molecule has 1 rings (SSSR count). The molecule has 0 heterocycles. The Hall–Kier alpha value is -0.160. The third kappa shape index (κ3) is 3.14. The minimum Gasteiger partial charge on any atom is -0.396 e. The average Bonchev–Trinajstić information content (AvgIpc) is 2.22. The van der Waals surface area contributed by atoms with Crippen molar-refractivity contribution >= 4 is 0 Å². The maximum absolute atomic E-state index is 9.11. The average molecular weight is 217 g/mol. The molecule has 3 N–H and O–H groups in total. The Bertz CT molecular complexity index is 170. The van der Waals surface area contributed by atoms with Gasteiger partial charge in [-0.25, -0.2) is 0 Å². The summed E-state index contributed by atoms with van der Waals surface area (Å²) < 4.78 is 5.47. The van der Waals surface area contributed by atoms with Gasteiger partial charge in [0.05, 0.1) is 18.8 Å². The standard InChI is InChI=1S/C11H23NO3/c1-10(8-13,9-14)6-12-7-11(15-2)4-3-5-11/h12-14H,3-9H2,1-2H3. The largest absolute Gasteiger partial charge is 0.396 e. The highest BCUT2D eigenvalue weighted by molar-refractivity contribution is 4.92. The van der Waals surface area contributed by atoms with Crippen molar-refractivity contribution in [2.75, 3.05) is 33.4 Å². The van der Waals surface area contributed by atoms with Gasteiger partial charge in [0, 0.05) is 25.6 Å². The van der Waals surface area contributed by atoms with Crippen LogP contribution in [0, 0.1) is 5.41 Å². The summed E-state index contributed by atoms with van der Waals surface area (Å²) in [6.45, 7) is 3.28. The van der Waals surface area contributed by atoms with Gasteiger partial charge in [-0.15, -0.1) is 0 Å². The van der Waals surface area contributed by atoms with Gasteiger partial charge in [-0.3, -0.25) is 0 Å². The van der Waals surface area contributed by atoms with Crippen LogP contribution in [-0.2, 0) is 4.74 Å². The first kappa shape index (κ1) is 12.9. The van der Waals surface area contributed by atoms with Gasteiger partial charge >= 0.3 is 0 Å². The quantitative estimate of drug-likeness (QED) is 0.567. The number of ether oxygens (including phenoxy) is 1. The first-order chi connectivity index (χ1) is 7.10. The lowest BCUT2D eigenvalue weighted by molar-refractivity contribution is -0.0716. The van der Waals surface area contributed by atoms with Gasteiger partial charge in [0.25, 0.3) is 0 Å². The molecule has 1 aliphatic carbocycles. The van der Waals surface area contributed by atoms with Crippen molar-refractivity contribution in [3.8, 4) is 0 Å². The molecule has 0 unspecified atom stereocenters. The Balaban J connectivity index is 2.25. The second kappa shape index (κ2) is 5.25. The van der Waals surface area contributed by atoms with E-state index in [2.05, 4.69) is 5.32 Å². The van der Waals surface area contributed by atoms with Crippen molar-refractivity contribution in [2.24, 2.45) is 5.41 Å². The zero-order valence-electron chi connectivity index (χ0n) is 9.75. The first-order valence-corrected chi connectivity index (χ1v) is 5.57. The Kier molecular flexibility index (Phi) is 4.52. The van der Waals surface area contributed by atoms with E-state index >= 15 is 0 Å². The maximum Gasteiger partial charge on any atom is 0.0802 e. The molecule has 1 aliphatic rings. The number of aliphatic hydroxyl groups excluding tert-OH is 2. The SMILES string of the molecule is COC1(CNCC(C)(CO)CO)CCC1. The first-order valence-electron chi connectivity index (χ1n) is 5.57. The van der Waals surface area contributed by atoms with Crippen LogP contribution in [0.2, 0.25) is 0 Å². The summed E-state index contributed by atoms with van der Waals surface area (Å²) in [5.41, 5.74) is -0.426. The van der Waals surface area contributed by atoms with Gasteiger partial charge in [0.2, 0.25) is 0 Å². The molecule has 1 saturated carbocycles. The highest BCUT2D eigenvalue weighted by atomic mass is 16.5. The van der Waals surface area contributed by atoms with Gasteiger partial charge in [-0.05, 0) is 19.3 Å². The van der Waals surface area contributed by atoms with Gasteiger partial charge in [-0.2, -0.15) is 0 Å². The Morgan fingerprint density at radius 1 is 1.33 bits per heavy atom. The van der Waals surface area contributed by atoms with Gasteiger partial charge in [0.15, 0.2) is 0 Å². The summed E-state index contributed by atoms with van der Waals surface area (Å²) >= 11 is 0. The molecule has 15 heavy (non-hydrogen) atoms. The molecule has 4 nitrogen and oxygen atoms in total. The van der Waals surface area contributed by atoms with E-state index in [0.29, 0.717) is 6.54 Å². The molecule has 0 aliphatic heterocycles. The summed E-state index contributed by atoms with van der Waals surface area (Å²) in [5.74, 6) is 0. The second-order valence-corrected chi connectivity index (χ2v) is 4.97. The van der Waals surface area contributed by atoms with Crippen molar-refractivity contribution in [3.63, 3.8) is 0 Å². The molecule has 0 aromatic heterocycles. The molecule has 4 heteroatoms.